The van der Waals surface area contributed by atoms with Crippen molar-refractivity contribution in [2.24, 2.45) is 17.3 Å². The SMILES string of the molecule is CCC1(C)NC(/C=C(\C)[C@@H]2C/C=C(/C(F)(F)F)CCC[C@H](C)[C@H](O)[C@@H](C)C(=O)C(C)(C)[C@@H](O)CC(=O)O2)=CS1. The number of cyclic esters (lactones) is 1. The second kappa shape index (κ2) is 13.3. The topological polar surface area (TPSA) is 95.9 Å². The van der Waals surface area contributed by atoms with Gasteiger partial charge in [0.2, 0.25) is 0 Å². The van der Waals surface area contributed by atoms with Crippen molar-refractivity contribution in [3.8, 4) is 0 Å². The average Bonchev–Trinajstić information content (AvgIpc) is 3.22. The molecule has 6 nitrogen and oxygen atoms in total. The zero-order valence-corrected chi connectivity index (χ0v) is 24.8. The summed E-state index contributed by atoms with van der Waals surface area (Å²) in [5, 5.41) is 26.9. The Morgan fingerprint density at radius 3 is 2.44 bits per heavy atom. The number of carbonyl (C=O) groups is 2. The van der Waals surface area contributed by atoms with Gasteiger partial charge in [-0.15, -0.1) is 11.8 Å². The fourth-order valence-electron chi connectivity index (χ4n) is 4.88. The minimum atomic E-state index is -4.56. The van der Waals surface area contributed by atoms with Crippen LogP contribution in [0.5, 0.6) is 0 Å². The van der Waals surface area contributed by atoms with Crippen LogP contribution in [-0.4, -0.2) is 51.3 Å². The summed E-state index contributed by atoms with van der Waals surface area (Å²) in [5.74, 6) is -2.55. The van der Waals surface area contributed by atoms with E-state index in [9.17, 15) is 33.0 Å². The Balaban J connectivity index is 2.43. The largest absolute Gasteiger partial charge is 0.457 e. The maximum atomic E-state index is 13.9. The molecule has 2 heterocycles. The fraction of sp³-hybridized carbons (Fsp3) is 0.724. The third kappa shape index (κ3) is 8.85. The van der Waals surface area contributed by atoms with Crippen LogP contribution in [0.3, 0.4) is 0 Å². The van der Waals surface area contributed by atoms with Gasteiger partial charge in [-0.05, 0) is 62.5 Å². The van der Waals surface area contributed by atoms with Crippen molar-refractivity contribution in [2.45, 2.75) is 116 Å². The zero-order chi connectivity index (χ0) is 29.8. The lowest BCUT2D eigenvalue weighted by molar-refractivity contribution is -0.154. The monoisotopic (exact) mass is 575 g/mol. The number of ether oxygens (including phenoxy) is 1. The Bertz CT molecular complexity index is 990. The number of esters is 1. The summed E-state index contributed by atoms with van der Waals surface area (Å²) < 4.78 is 47.3. The molecule has 0 saturated carbocycles. The number of ketones is 1. The molecule has 2 aliphatic rings. The van der Waals surface area contributed by atoms with Crippen LogP contribution >= 0.6 is 11.8 Å². The van der Waals surface area contributed by atoms with Gasteiger partial charge in [0, 0.05) is 23.6 Å². The first-order chi connectivity index (χ1) is 17.9. The van der Waals surface area contributed by atoms with Gasteiger partial charge in [-0.3, -0.25) is 9.59 Å². The van der Waals surface area contributed by atoms with Crippen molar-refractivity contribution in [1.82, 2.24) is 5.32 Å². The van der Waals surface area contributed by atoms with Crippen molar-refractivity contribution in [1.29, 1.82) is 0 Å². The molecule has 0 bridgehead atoms. The number of alkyl halides is 3. The van der Waals surface area contributed by atoms with Crippen molar-refractivity contribution in [3.63, 3.8) is 0 Å². The highest BCUT2D eigenvalue weighted by atomic mass is 32.2. The predicted molar refractivity (Wildman–Crippen MR) is 147 cm³/mol. The predicted octanol–water partition coefficient (Wildman–Crippen LogP) is 6.19. The van der Waals surface area contributed by atoms with Gasteiger partial charge in [0.1, 0.15) is 11.9 Å². The number of allylic oxidation sites excluding steroid dienone is 2. The number of nitrogens with one attached hydrogen (secondary N) is 1. The summed E-state index contributed by atoms with van der Waals surface area (Å²) in [6.45, 7) is 12.1. The lowest BCUT2D eigenvalue weighted by Crippen LogP contribution is -2.45. The highest BCUT2D eigenvalue weighted by Crippen LogP contribution is 2.37. The number of hydrogen-bond donors (Lipinski definition) is 3. The van der Waals surface area contributed by atoms with E-state index in [1.54, 1.807) is 31.7 Å². The van der Waals surface area contributed by atoms with E-state index in [1.807, 2.05) is 19.3 Å². The summed E-state index contributed by atoms with van der Waals surface area (Å²) >= 11 is 1.60. The van der Waals surface area contributed by atoms with Gasteiger partial charge >= 0.3 is 12.1 Å². The highest BCUT2D eigenvalue weighted by Gasteiger charge is 2.42. The number of thioether (sulfide) groups is 1. The van der Waals surface area contributed by atoms with E-state index in [0.29, 0.717) is 12.0 Å². The second-order valence-corrected chi connectivity index (χ2v) is 13.1. The third-order valence-corrected chi connectivity index (χ3v) is 9.36. The first kappa shape index (κ1) is 33.4. The molecule has 0 saturated heterocycles. The van der Waals surface area contributed by atoms with Crippen LogP contribution in [0, 0.1) is 17.3 Å². The smallest absolute Gasteiger partial charge is 0.412 e. The number of halogens is 3. The number of carbonyl (C=O) groups excluding carboxylic acids is 2. The van der Waals surface area contributed by atoms with Gasteiger partial charge in [0.05, 0.1) is 28.9 Å². The Morgan fingerprint density at radius 1 is 1.23 bits per heavy atom. The van der Waals surface area contributed by atoms with Crippen LogP contribution in [-0.2, 0) is 14.3 Å². The van der Waals surface area contributed by atoms with Crippen LogP contribution < -0.4 is 5.32 Å². The van der Waals surface area contributed by atoms with E-state index < -0.39 is 65.5 Å². The lowest BCUT2D eigenvalue weighted by atomic mass is 9.73. The molecule has 0 aromatic heterocycles. The van der Waals surface area contributed by atoms with Crippen molar-refractivity contribution in [3.05, 3.63) is 34.4 Å². The number of aliphatic hydroxyl groups excluding tert-OH is 2. The summed E-state index contributed by atoms with van der Waals surface area (Å²) in [7, 11) is 0. The zero-order valence-electron chi connectivity index (χ0n) is 24.0. The Morgan fingerprint density at radius 2 is 1.87 bits per heavy atom. The van der Waals surface area contributed by atoms with E-state index in [1.165, 1.54) is 20.8 Å². The molecule has 0 radical (unpaired) electrons. The first-order valence-corrected chi connectivity index (χ1v) is 14.5. The van der Waals surface area contributed by atoms with Gasteiger partial charge in [0.25, 0.3) is 0 Å². The van der Waals surface area contributed by atoms with Crippen molar-refractivity contribution < 1.29 is 37.7 Å². The molecule has 0 aliphatic carbocycles. The molecule has 0 fully saturated rings. The Kier molecular flexibility index (Phi) is 11.4. The summed E-state index contributed by atoms with van der Waals surface area (Å²) in [6, 6.07) is 0. The average molecular weight is 576 g/mol. The summed E-state index contributed by atoms with van der Waals surface area (Å²) in [5.41, 5.74) is -0.737. The van der Waals surface area contributed by atoms with Gasteiger partial charge in [-0.25, -0.2) is 0 Å². The van der Waals surface area contributed by atoms with Crippen LogP contribution in [0.1, 0.15) is 87.0 Å². The summed E-state index contributed by atoms with van der Waals surface area (Å²) in [6.07, 6.45) is -4.85. The number of Topliss-reactive ketones (excluding diaryl/α,β-unsaturated/α-hetero) is 1. The van der Waals surface area contributed by atoms with Gasteiger partial charge < -0.3 is 20.3 Å². The van der Waals surface area contributed by atoms with E-state index in [2.05, 4.69) is 5.32 Å². The quantitative estimate of drug-likeness (QED) is 0.273. The normalized spacial score (nSPS) is 35.5. The fourth-order valence-corrected chi connectivity index (χ4v) is 5.74. The Labute approximate surface area is 234 Å². The van der Waals surface area contributed by atoms with Crippen LogP contribution in [0.4, 0.5) is 13.2 Å². The van der Waals surface area contributed by atoms with Crippen molar-refractivity contribution in [2.75, 3.05) is 0 Å². The Hall–Kier alpha value is -1.78. The molecular weight excluding hydrogens is 531 g/mol. The molecule has 222 valence electrons. The number of aliphatic hydroxyl groups is 2. The standard InChI is InChI=1S/C29H44F3NO5S/c1-8-28(7)33-21(16-39-28)14-18(3)22-13-12-20(29(30,31)32)11-9-10-17(2)25(36)19(4)26(37)27(5,6)23(34)15-24(35)38-22/h12,14,16-17,19,22-23,25,33-34,36H,8-11,13,15H2,1-7H3/b18-14+,20-12+/t17-,19+,22-,23-,25-,28?/m0/s1. The van der Waals surface area contributed by atoms with E-state index in [4.69, 9.17) is 4.74 Å². The van der Waals surface area contributed by atoms with Crippen LogP contribution in [0.25, 0.3) is 0 Å². The number of rotatable bonds is 3. The molecule has 3 N–H and O–H groups in total. The molecule has 39 heavy (non-hydrogen) atoms. The molecule has 0 aromatic rings. The lowest BCUT2D eigenvalue weighted by Gasteiger charge is -2.34. The molecule has 0 amide bonds. The van der Waals surface area contributed by atoms with Crippen molar-refractivity contribution >= 4 is 23.5 Å². The van der Waals surface area contributed by atoms with Crippen LogP contribution in [0.15, 0.2) is 34.4 Å². The van der Waals surface area contributed by atoms with Gasteiger partial charge in [-0.1, -0.05) is 40.7 Å². The minimum Gasteiger partial charge on any atom is -0.457 e. The minimum absolute atomic E-state index is 0.166. The molecular formula is C29H44F3NO5S. The molecule has 1 unspecified atom stereocenters. The summed E-state index contributed by atoms with van der Waals surface area (Å²) in [4.78, 5) is 25.9. The molecule has 10 heteroatoms. The maximum absolute atomic E-state index is 13.9. The van der Waals surface area contributed by atoms with E-state index in [0.717, 1.165) is 18.2 Å². The molecule has 0 spiro atoms. The number of hydrogen-bond acceptors (Lipinski definition) is 7. The second-order valence-electron chi connectivity index (χ2n) is 11.7. The first-order valence-electron chi connectivity index (χ1n) is 13.6. The molecule has 0 aromatic carbocycles. The molecule has 2 aliphatic heterocycles. The van der Waals surface area contributed by atoms with Gasteiger partial charge in [0.15, 0.2) is 0 Å². The maximum Gasteiger partial charge on any atom is 0.412 e. The van der Waals surface area contributed by atoms with Crippen LogP contribution in [0.2, 0.25) is 0 Å². The molecule has 2 rings (SSSR count). The third-order valence-electron chi connectivity index (χ3n) is 8.08. The molecule has 6 atom stereocenters. The van der Waals surface area contributed by atoms with E-state index >= 15 is 0 Å². The van der Waals surface area contributed by atoms with Gasteiger partial charge in [-0.2, -0.15) is 13.2 Å². The van der Waals surface area contributed by atoms with E-state index in [-0.39, 0.29) is 24.1 Å². The highest BCUT2D eigenvalue weighted by molar-refractivity contribution is 8.03.